The van der Waals surface area contributed by atoms with Crippen molar-refractivity contribution in [2.45, 2.75) is 46.2 Å². The maximum atomic E-state index is 13.0. The summed E-state index contributed by atoms with van der Waals surface area (Å²) in [5.74, 6) is 0.0986. The van der Waals surface area contributed by atoms with Gasteiger partial charge in [0.1, 0.15) is 5.75 Å². The molecule has 0 atom stereocenters. The average molecular weight is 400 g/mol. The van der Waals surface area contributed by atoms with Crippen molar-refractivity contribution in [3.63, 3.8) is 0 Å². The maximum absolute atomic E-state index is 13.0. The molecular formula is C20H24N4O5. The predicted octanol–water partition coefficient (Wildman–Crippen LogP) is 1.58. The molecule has 1 aromatic carbocycles. The van der Waals surface area contributed by atoms with Gasteiger partial charge in [0.25, 0.3) is 0 Å². The van der Waals surface area contributed by atoms with Gasteiger partial charge in [0, 0.05) is 19.5 Å². The first-order valence-corrected chi connectivity index (χ1v) is 9.54. The van der Waals surface area contributed by atoms with Crippen molar-refractivity contribution in [1.82, 2.24) is 18.8 Å². The average Bonchev–Trinajstić information content (AvgIpc) is 3.13. The number of imidazole rings is 1. The number of benzene rings is 1. The molecule has 3 rings (SSSR count). The molecule has 3 aromatic rings. The van der Waals surface area contributed by atoms with Gasteiger partial charge in [-0.3, -0.25) is 9.36 Å². The molecule has 29 heavy (non-hydrogen) atoms. The molecule has 0 N–H and O–H groups in total. The molecule has 2 aromatic heterocycles. The second kappa shape index (κ2) is 8.76. The first-order chi connectivity index (χ1) is 14.0. The number of aryl methyl sites for hydroxylation is 1. The van der Waals surface area contributed by atoms with E-state index < -0.39 is 17.2 Å². The van der Waals surface area contributed by atoms with Crippen LogP contribution in [0, 0.1) is 0 Å². The first-order valence-electron chi connectivity index (χ1n) is 9.54. The zero-order valence-electron chi connectivity index (χ0n) is 16.8. The zero-order chi connectivity index (χ0) is 21.0. The summed E-state index contributed by atoms with van der Waals surface area (Å²) in [6.45, 7) is 4.43. The van der Waals surface area contributed by atoms with Crippen molar-refractivity contribution in [3.05, 3.63) is 57.0 Å². The summed E-state index contributed by atoms with van der Waals surface area (Å²) in [7, 11) is 1.59. The number of ether oxygens (including phenoxy) is 1. The molecule has 0 saturated carbocycles. The van der Waals surface area contributed by atoms with Crippen LogP contribution in [0.2, 0.25) is 0 Å². The largest absolute Gasteiger partial charge is 0.497 e. The molecule has 0 radical (unpaired) electrons. The van der Waals surface area contributed by atoms with Crippen LogP contribution in [0.1, 0.15) is 38.7 Å². The van der Waals surface area contributed by atoms with Crippen molar-refractivity contribution < 1.29 is 14.4 Å². The Hall–Kier alpha value is -3.36. The van der Waals surface area contributed by atoms with Gasteiger partial charge in [-0.2, -0.15) is 0 Å². The molecule has 9 heteroatoms. The van der Waals surface area contributed by atoms with E-state index in [2.05, 4.69) is 4.98 Å². The van der Waals surface area contributed by atoms with Crippen LogP contribution in [0.25, 0.3) is 11.2 Å². The fraction of sp³-hybridized carbons (Fsp3) is 0.400. The number of rotatable bonds is 8. The lowest BCUT2D eigenvalue weighted by atomic mass is 10.2. The summed E-state index contributed by atoms with van der Waals surface area (Å²) in [5, 5.41) is 0. The molecule has 0 amide bonds. The van der Waals surface area contributed by atoms with Crippen molar-refractivity contribution in [2.75, 3.05) is 7.11 Å². The number of aromatic nitrogens is 4. The summed E-state index contributed by atoms with van der Waals surface area (Å²) in [5.41, 5.74) is -0.0000867. The molecule has 0 saturated heterocycles. The van der Waals surface area contributed by atoms with Gasteiger partial charge in [-0.25, -0.2) is 14.6 Å². The van der Waals surface area contributed by atoms with Gasteiger partial charge in [0.15, 0.2) is 11.2 Å². The van der Waals surface area contributed by atoms with Crippen molar-refractivity contribution in [2.24, 2.45) is 0 Å². The standard InChI is InChI=1S/C20H24N4O5/c1-4-6-16(25)29-24-19(26)17-18(23(11-5-2)20(24)27)21-13-22(17)12-14-7-9-15(28-3)10-8-14/h7-10,13H,4-6,11-12H2,1-3H3. The van der Waals surface area contributed by atoms with Gasteiger partial charge in [0.05, 0.1) is 13.4 Å². The van der Waals surface area contributed by atoms with E-state index in [9.17, 15) is 14.4 Å². The van der Waals surface area contributed by atoms with E-state index in [1.165, 1.54) is 10.9 Å². The SMILES string of the molecule is CCCC(=O)On1c(=O)c2c(ncn2Cc2ccc(OC)cc2)n(CCC)c1=O. The van der Waals surface area contributed by atoms with E-state index in [4.69, 9.17) is 9.57 Å². The quantitative estimate of drug-likeness (QED) is 0.570. The van der Waals surface area contributed by atoms with E-state index in [0.717, 1.165) is 11.3 Å². The van der Waals surface area contributed by atoms with E-state index >= 15 is 0 Å². The minimum atomic E-state index is -0.705. The van der Waals surface area contributed by atoms with E-state index in [0.29, 0.717) is 30.7 Å². The molecule has 0 aliphatic carbocycles. The van der Waals surface area contributed by atoms with Gasteiger partial charge < -0.3 is 14.1 Å². The fourth-order valence-corrected chi connectivity index (χ4v) is 3.08. The van der Waals surface area contributed by atoms with Crippen LogP contribution in [0.15, 0.2) is 40.2 Å². The van der Waals surface area contributed by atoms with E-state index in [1.54, 1.807) is 11.7 Å². The number of nitrogens with zero attached hydrogens (tertiary/aromatic N) is 4. The summed E-state index contributed by atoms with van der Waals surface area (Å²) >= 11 is 0. The molecule has 0 aliphatic heterocycles. The third kappa shape index (κ3) is 4.08. The molecular weight excluding hydrogens is 376 g/mol. The van der Waals surface area contributed by atoms with Crippen LogP contribution in [-0.4, -0.2) is 31.9 Å². The Morgan fingerprint density at radius 3 is 2.45 bits per heavy atom. The van der Waals surface area contributed by atoms with E-state index in [1.807, 2.05) is 38.1 Å². The Kier molecular flexibility index (Phi) is 6.16. The number of hydrogen-bond acceptors (Lipinski definition) is 6. The molecule has 2 heterocycles. The Morgan fingerprint density at radius 1 is 1.10 bits per heavy atom. The van der Waals surface area contributed by atoms with Crippen LogP contribution in [0.3, 0.4) is 0 Å². The number of carbonyl (C=O) groups is 1. The number of carbonyl (C=O) groups excluding carboxylic acids is 1. The molecule has 154 valence electrons. The van der Waals surface area contributed by atoms with Crippen LogP contribution in [0.4, 0.5) is 0 Å². The van der Waals surface area contributed by atoms with E-state index in [-0.39, 0.29) is 17.6 Å². The molecule has 0 spiro atoms. The van der Waals surface area contributed by atoms with Crippen molar-refractivity contribution in [1.29, 1.82) is 0 Å². The van der Waals surface area contributed by atoms with Crippen molar-refractivity contribution >= 4 is 17.1 Å². The predicted molar refractivity (Wildman–Crippen MR) is 107 cm³/mol. The third-order valence-corrected chi connectivity index (χ3v) is 4.47. The lowest BCUT2D eigenvalue weighted by Crippen LogP contribution is -2.45. The minimum Gasteiger partial charge on any atom is -0.497 e. The van der Waals surface area contributed by atoms with Crippen molar-refractivity contribution in [3.8, 4) is 5.75 Å². The van der Waals surface area contributed by atoms with Crippen LogP contribution in [-0.2, 0) is 17.9 Å². The topological polar surface area (TPSA) is 97.3 Å². The molecule has 0 bridgehead atoms. The number of methoxy groups -OCH3 is 1. The molecule has 0 fully saturated rings. The minimum absolute atomic E-state index is 0.114. The highest BCUT2D eigenvalue weighted by atomic mass is 16.7. The Labute approximate surface area is 167 Å². The fourth-order valence-electron chi connectivity index (χ4n) is 3.08. The van der Waals surface area contributed by atoms with Gasteiger partial charge >= 0.3 is 17.2 Å². The smallest absolute Gasteiger partial charge is 0.366 e. The maximum Gasteiger partial charge on any atom is 0.366 e. The normalized spacial score (nSPS) is 11.0. The zero-order valence-corrected chi connectivity index (χ0v) is 16.8. The Morgan fingerprint density at radius 2 is 1.83 bits per heavy atom. The lowest BCUT2D eigenvalue weighted by Gasteiger charge is -2.11. The number of fused-ring (bicyclic) bond motifs is 1. The van der Waals surface area contributed by atoms with Crippen LogP contribution < -0.4 is 20.8 Å². The summed E-state index contributed by atoms with van der Waals surface area (Å²) in [4.78, 5) is 47.1. The highest BCUT2D eigenvalue weighted by molar-refractivity contribution is 5.72. The monoisotopic (exact) mass is 400 g/mol. The van der Waals surface area contributed by atoms with Gasteiger partial charge in [-0.05, 0) is 30.5 Å². The number of hydrogen-bond donors (Lipinski definition) is 0. The summed E-state index contributed by atoms with van der Waals surface area (Å²) in [6.07, 6.45) is 2.83. The third-order valence-electron chi connectivity index (χ3n) is 4.47. The second-order valence-corrected chi connectivity index (χ2v) is 6.64. The van der Waals surface area contributed by atoms with Gasteiger partial charge in [-0.15, -0.1) is 0 Å². The highest BCUT2D eigenvalue weighted by Gasteiger charge is 2.20. The highest BCUT2D eigenvalue weighted by Crippen LogP contribution is 2.14. The van der Waals surface area contributed by atoms with Crippen LogP contribution in [0.5, 0.6) is 5.75 Å². The Bertz CT molecular complexity index is 1120. The summed E-state index contributed by atoms with van der Waals surface area (Å²) < 4.78 is 8.72. The second-order valence-electron chi connectivity index (χ2n) is 6.64. The van der Waals surface area contributed by atoms with Gasteiger partial charge in [0.2, 0.25) is 0 Å². The molecule has 0 unspecified atom stereocenters. The molecule has 9 nitrogen and oxygen atoms in total. The van der Waals surface area contributed by atoms with Gasteiger partial charge in [-0.1, -0.05) is 30.7 Å². The lowest BCUT2D eigenvalue weighted by molar-refractivity contribution is -0.145. The summed E-state index contributed by atoms with van der Waals surface area (Å²) in [6, 6.07) is 7.41. The molecule has 0 aliphatic rings. The Balaban J connectivity index is 2.12. The first kappa shape index (κ1) is 20.4. The van der Waals surface area contributed by atoms with Crippen LogP contribution >= 0.6 is 0 Å².